The van der Waals surface area contributed by atoms with Crippen LogP contribution >= 0.6 is 0 Å². The van der Waals surface area contributed by atoms with Crippen LogP contribution in [0.3, 0.4) is 0 Å². The van der Waals surface area contributed by atoms with E-state index >= 15 is 0 Å². The molecule has 3 rings (SSSR count). The van der Waals surface area contributed by atoms with E-state index in [4.69, 9.17) is 4.74 Å². The summed E-state index contributed by atoms with van der Waals surface area (Å²) in [5.41, 5.74) is 0.584. The minimum absolute atomic E-state index is 0.0402. The number of piperazine rings is 1. The van der Waals surface area contributed by atoms with Gasteiger partial charge >= 0.3 is 6.03 Å². The summed E-state index contributed by atoms with van der Waals surface area (Å²) in [6.45, 7) is 2.31. The molecule has 3 N–H and O–H groups in total. The molecule has 152 valence electrons. The van der Waals surface area contributed by atoms with Crippen LogP contribution in [0.1, 0.15) is 39.0 Å². The summed E-state index contributed by atoms with van der Waals surface area (Å²) in [6.07, 6.45) is 3.63. The molecule has 1 aliphatic carbocycles. The maximum atomic E-state index is 12.7. The fourth-order valence-corrected chi connectivity index (χ4v) is 4.06. The van der Waals surface area contributed by atoms with Crippen LogP contribution in [0.2, 0.25) is 0 Å². The Bertz CT molecular complexity index is 739. The molecule has 1 heterocycles. The van der Waals surface area contributed by atoms with Crippen molar-refractivity contribution in [2.45, 2.75) is 57.2 Å². The van der Waals surface area contributed by atoms with Crippen LogP contribution in [-0.2, 0) is 9.59 Å². The van der Waals surface area contributed by atoms with Gasteiger partial charge in [-0.3, -0.25) is 9.59 Å². The number of hydrogen-bond donors (Lipinski definition) is 3. The van der Waals surface area contributed by atoms with Crippen molar-refractivity contribution in [1.29, 1.82) is 0 Å². The zero-order valence-electron chi connectivity index (χ0n) is 16.4. The largest absolute Gasteiger partial charge is 0.497 e. The molecule has 4 amide bonds. The molecule has 2 fully saturated rings. The van der Waals surface area contributed by atoms with E-state index in [0.29, 0.717) is 18.0 Å². The highest BCUT2D eigenvalue weighted by Gasteiger charge is 2.45. The molecular weight excluding hydrogens is 360 g/mol. The van der Waals surface area contributed by atoms with Gasteiger partial charge in [-0.05, 0) is 31.9 Å². The lowest BCUT2D eigenvalue weighted by molar-refractivity contribution is -0.135. The van der Waals surface area contributed by atoms with Crippen molar-refractivity contribution >= 4 is 23.5 Å². The Morgan fingerprint density at radius 1 is 1.29 bits per heavy atom. The highest BCUT2D eigenvalue weighted by Crippen LogP contribution is 2.29. The van der Waals surface area contributed by atoms with Gasteiger partial charge in [0.15, 0.2) is 0 Å². The molecule has 1 aliphatic heterocycles. The summed E-state index contributed by atoms with van der Waals surface area (Å²) in [5.74, 6) is 0.0364. The van der Waals surface area contributed by atoms with Gasteiger partial charge in [0.05, 0.1) is 19.6 Å². The molecule has 3 atom stereocenters. The lowest BCUT2D eigenvalue weighted by Gasteiger charge is -2.47. The number of rotatable bonds is 5. The second-order valence-electron chi connectivity index (χ2n) is 7.21. The zero-order chi connectivity index (χ0) is 20.1. The van der Waals surface area contributed by atoms with E-state index in [9.17, 15) is 14.4 Å². The molecule has 0 unspecified atom stereocenters. The van der Waals surface area contributed by atoms with Crippen LogP contribution in [0, 0.1) is 0 Å². The smallest absolute Gasteiger partial charge is 0.318 e. The van der Waals surface area contributed by atoms with Crippen molar-refractivity contribution in [2.75, 3.05) is 19.0 Å². The zero-order valence-corrected chi connectivity index (χ0v) is 16.4. The molecule has 0 aromatic heterocycles. The predicted molar refractivity (Wildman–Crippen MR) is 105 cm³/mol. The van der Waals surface area contributed by atoms with Gasteiger partial charge in [0.2, 0.25) is 11.8 Å². The summed E-state index contributed by atoms with van der Waals surface area (Å²) in [5, 5.41) is 8.61. The average Bonchev–Trinajstić information content (AvgIpc) is 2.68. The summed E-state index contributed by atoms with van der Waals surface area (Å²) < 4.78 is 5.16. The van der Waals surface area contributed by atoms with Gasteiger partial charge < -0.3 is 25.6 Å². The summed E-state index contributed by atoms with van der Waals surface area (Å²) in [6, 6.07) is 5.79. The quantitative estimate of drug-likeness (QED) is 0.717. The van der Waals surface area contributed by atoms with Crippen LogP contribution in [0.4, 0.5) is 10.5 Å². The van der Waals surface area contributed by atoms with Crippen LogP contribution < -0.4 is 20.7 Å². The number of hydrogen-bond acceptors (Lipinski definition) is 4. The lowest BCUT2D eigenvalue weighted by atomic mass is 9.85. The number of anilines is 1. The predicted octanol–water partition coefficient (Wildman–Crippen LogP) is 1.86. The van der Waals surface area contributed by atoms with Crippen molar-refractivity contribution in [2.24, 2.45) is 0 Å². The molecule has 1 saturated heterocycles. The fraction of sp³-hybridized carbons (Fsp3) is 0.550. The highest BCUT2D eigenvalue weighted by molar-refractivity contribution is 5.97. The third-order valence-electron chi connectivity index (χ3n) is 5.35. The maximum absolute atomic E-state index is 12.7. The molecule has 1 aromatic carbocycles. The molecule has 2 aliphatic rings. The number of benzene rings is 1. The van der Waals surface area contributed by atoms with E-state index in [1.54, 1.807) is 36.3 Å². The Labute approximate surface area is 165 Å². The summed E-state index contributed by atoms with van der Waals surface area (Å²) >= 11 is 0. The molecule has 8 nitrogen and oxygen atoms in total. The van der Waals surface area contributed by atoms with Crippen molar-refractivity contribution in [3.8, 4) is 5.75 Å². The van der Waals surface area contributed by atoms with E-state index in [1.807, 2.05) is 6.92 Å². The Balaban J connectivity index is 1.75. The number of carbonyl (C=O) groups is 3. The monoisotopic (exact) mass is 388 g/mol. The van der Waals surface area contributed by atoms with Gasteiger partial charge in [-0.2, -0.15) is 0 Å². The van der Waals surface area contributed by atoms with Gasteiger partial charge in [-0.15, -0.1) is 0 Å². The third-order valence-corrected chi connectivity index (χ3v) is 5.35. The van der Waals surface area contributed by atoms with E-state index in [0.717, 1.165) is 25.7 Å². The van der Waals surface area contributed by atoms with Crippen molar-refractivity contribution in [1.82, 2.24) is 15.5 Å². The fourth-order valence-electron chi connectivity index (χ4n) is 4.06. The summed E-state index contributed by atoms with van der Waals surface area (Å²) in [7, 11) is 1.55. The molecule has 1 aromatic rings. The van der Waals surface area contributed by atoms with Gasteiger partial charge in [0.25, 0.3) is 0 Å². The SMILES string of the molecule is CCNC(=O)N1[C@@H](CC(=O)Nc2cccc(OC)c2)C(=O)N[C@@H]2CCCC[C@@H]21. The van der Waals surface area contributed by atoms with Gasteiger partial charge in [-0.1, -0.05) is 18.9 Å². The van der Waals surface area contributed by atoms with Gasteiger partial charge in [-0.25, -0.2) is 4.79 Å². The molecule has 0 radical (unpaired) electrons. The number of carbonyl (C=O) groups excluding carboxylic acids is 3. The van der Waals surface area contributed by atoms with E-state index in [-0.39, 0.29) is 36.3 Å². The van der Waals surface area contributed by atoms with Crippen molar-refractivity contribution in [3.63, 3.8) is 0 Å². The number of amides is 4. The minimum Gasteiger partial charge on any atom is -0.497 e. The third kappa shape index (κ3) is 4.37. The molecule has 8 heteroatoms. The second-order valence-corrected chi connectivity index (χ2v) is 7.21. The molecule has 1 saturated carbocycles. The normalized spacial score (nSPS) is 24.0. The molecule has 0 spiro atoms. The highest BCUT2D eigenvalue weighted by atomic mass is 16.5. The number of nitrogens with zero attached hydrogens (tertiary/aromatic N) is 1. The van der Waals surface area contributed by atoms with E-state index < -0.39 is 6.04 Å². The van der Waals surface area contributed by atoms with Crippen LogP contribution in [0.15, 0.2) is 24.3 Å². The number of nitrogens with one attached hydrogen (secondary N) is 3. The van der Waals surface area contributed by atoms with E-state index in [1.165, 1.54) is 0 Å². The first kappa shape index (κ1) is 20.0. The molecule has 0 bridgehead atoms. The standard InChI is InChI=1S/C20H28N4O4/c1-3-21-20(27)24-16-10-5-4-9-15(16)23-19(26)17(24)12-18(25)22-13-7-6-8-14(11-13)28-2/h6-8,11,15-17H,3-5,9-10,12H2,1-2H3,(H,21,27)(H,22,25)(H,23,26)/t15-,16+,17+/m1/s1. The Kier molecular flexibility index (Phi) is 6.38. The Morgan fingerprint density at radius 3 is 2.82 bits per heavy atom. The van der Waals surface area contributed by atoms with Gasteiger partial charge in [0.1, 0.15) is 11.8 Å². The van der Waals surface area contributed by atoms with Crippen molar-refractivity contribution < 1.29 is 19.1 Å². The second kappa shape index (κ2) is 8.95. The Morgan fingerprint density at radius 2 is 2.07 bits per heavy atom. The Hall–Kier alpha value is -2.77. The number of methoxy groups -OCH3 is 1. The first-order valence-corrected chi connectivity index (χ1v) is 9.84. The first-order valence-electron chi connectivity index (χ1n) is 9.84. The van der Waals surface area contributed by atoms with E-state index in [2.05, 4.69) is 16.0 Å². The lowest BCUT2D eigenvalue weighted by Crippen LogP contribution is -2.69. The number of fused-ring (bicyclic) bond motifs is 1. The summed E-state index contributed by atoms with van der Waals surface area (Å²) in [4.78, 5) is 39.7. The number of ether oxygens (including phenoxy) is 1. The van der Waals surface area contributed by atoms with Gasteiger partial charge in [0, 0.05) is 24.3 Å². The molecular formula is C20H28N4O4. The molecule has 28 heavy (non-hydrogen) atoms. The average molecular weight is 388 g/mol. The first-order chi connectivity index (χ1) is 13.5. The van der Waals surface area contributed by atoms with Crippen LogP contribution in [0.5, 0.6) is 5.75 Å². The van der Waals surface area contributed by atoms with Crippen LogP contribution in [0.25, 0.3) is 0 Å². The number of urea groups is 1. The topological polar surface area (TPSA) is 99.8 Å². The maximum Gasteiger partial charge on any atom is 0.318 e. The minimum atomic E-state index is -0.823. The van der Waals surface area contributed by atoms with Crippen molar-refractivity contribution in [3.05, 3.63) is 24.3 Å². The van der Waals surface area contributed by atoms with Crippen LogP contribution in [-0.4, -0.2) is 54.5 Å².